The maximum absolute atomic E-state index is 14.2. The highest BCUT2D eigenvalue weighted by molar-refractivity contribution is 6.04. The van der Waals surface area contributed by atoms with E-state index in [2.05, 4.69) is 5.32 Å². The summed E-state index contributed by atoms with van der Waals surface area (Å²) in [7, 11) is 0. The van der Waals surface area contributed by atoms with E-state index in [4.69, 9.17) is 0 Å². The van der Waals surface area contributed by atoms with Crippen molar-refractivity contribution >= 4 is 17.3 Å². The highest BCUT2D eigenvalue weighted by Gasteiger charge is 2.49. The first kappa shape index (κ1) is 12.1. The Morgan fingerprint density at radius 2 is 2.00 bits per heavy atom. The molecule has 1 aromatic rings. The van der Waals surface area contributed by atoms with Gasteiger partial charge in [0, 0.05) is 6.04 Å². The summed E-state index contributed by atoms with van der Waals surface area (Å²) in [4.78, 5) is 14.1. The zero-order valence-electron chi connectivity index (χ0n) is 11.0. The molecule has 0 radical (unpaired) electrons. The quantitative estimate of drug-likeness (QED) is 0.791. The second kappa shape index (κ2) is 4.17. The van der Waals surface area contributed by atoms with E-state index < -0.39 is 11.6 Å². The Labute approximate surface area is 116 Å². The number of nitrogens with one attached hydrogen (secondary N) is 1. The van der Waals surface area contributed by atoms with E-state index in [1.807, 2.05) is 4.90 Å². The van der Waals surface area contributed by atoms with Crippen molar-refractivity contribution in [3.63, 3.8) is 0 Å². The predicted molar refractivity (Wildman–Crippen MR) is 71.6 cm³/mol. The van der Waals surface area contributed by atoms with Gasteiger partial charge in [0.25, 0.3) is 0 Å². The van der Waals surface area contributed by atoms with Crippen molar-refractivity contribution in [2.24, 2.45) is 5.92 Å². The number of carbonyl (C=O) groups excluding carboxylic acids is 1. The van der Waals surface area contributed by atoms with E-state index in [0.717, 1.165) is 31.7 Å². The third-order valence-electron chi connectivity index (χ3n) is 4.98. The van der Waals surface area contributed by atoms with Crippen molar-refractivity contribution in [1.29, 1.82) is 0 Å². The molecule has 5 heteroatoms. The predicted octanol–water partition coefficient (Wildman–Crippen LogP) is 3.05. The molecule has 2 fully saturated rings. The number of nitrogens with zero attached hydrogens (tertiary/aromatic N) is 1. The molecule has 3 aliphatic rings. The molecule has 20 heavy (non-hydrogen) atoms. The van der Waals surface area contributed by atoms with Crippen LogP contribution in [0.2, 0.25) is 0 Å². The summed E-state index contributed by atoms with van der Waals surface area (Å²) in [5.41, 5.74) is 0.653. The lowest BCUT2D eigenvalue weighted by atomic mass is 9.84. The van der Waals surface area contributed by atoms with Crippen LogP contribution in [0, 0.1) is 17.6 Å². The smallest absolute Gasteiger partial charge is 0.247 e. The minimum atomic E-state index is -0.849. The molecule has 106 valence electrons. The molecule has 1 amide bonds. The average Bonchev–Trinajstić information content (AvgIpc) is 2.83. The number of hydrogen-bond donors (Lipinski definition) is 1. The third-order valence-corrected chi connectivity index (χ3v) is 4.98. The lowest BCUT2D eigenvalue weighted by Crippen LogP contribution is -2.48. The molecule has 3 nitrogen and oxygen atoms in total. The fraction of sp³-hybridized carbons (Fsp3) is 0.533. The fourth-order valence-electron chi connectivity index (χ4n) is 4.12. The zero-order valence-corrected chi connectivity index (χ0v) is 11.0. The highest BCUT2D eigenvalue weighted by Crippen LogP contribution is 2.48. The summed E-state index contributed by atoms with van der Waals surface area (Å²) in [5.74, 6) is -1.34. The van der Waals surface area contributed by atoms with Gasteiger partial charge in [-0.3, -0.25) is 4.79 Å². The molecule has 1 saturated heterocycles. The first-order valence-electron chi connectivity index (χ1n) is 7.24. The number of anilines is 2. The standard InChI is InChI=1S/C15H16F2N2O/c16-9-5-6-10-14(13(9)17)19-11-4-2-1-3-8(11)7-12(19)15(20)18-10/h5-6,8,11-12H,1-4,7H2,(H,18,20). The van der Waals surface area contributed by atoms with Crippen molar-refractivity contribution in [1.82, 2.24) is 0 Å². The molecule has 3 unspecified atom stereocenters. The topological polar surface area (TPSA) is 32.3 Å². The number of hydrogen-bond acceptors (Lipinski definition) is 2. The van der Waals surface area contributed by atoms with Crippen LogP contribution in [0.15, 0.2) is 12.1 Å². The van der Waals surface area contributed by atoms with Gasteiger partial charge in [-0.25, -0.2) is 8.78 Å². The van der Waals surface area contributed by atoms with Gasteiger partial charge in [0.05, 0.1) is 5.69 Å². The Morgan fingerprint density at radius 3 is 2.85 bits per heavy atom. The van der Waals surface area contributed by atoms with Crippen LogP contribution in [0.1, 0.15) is 32.1 Å². The Bertz CT molecular complexity index is 589. The fourth-order valence-corrected chi connectivity index (χ4v) is 4.12. The minimum Gasteiger partial charge on any atom is -0.352 e. The Kier molecular flexibility index (Phi) is 2.53. The van der Waals surface area contributed by atoms with Crippen molar-refractivity contribution < 1.29 is 13.6 Å². The molecule has 0 bridgehead atoms. The van der Waals surface area contributed by atoms with E-state index in [-0.39, 0.29) is 23.7 Å². The second-order valence-electron chi connectivity index (χ2n) is 6.02. The first-order valence-corrected chi connectivity index (χ1v) is 7.24. The molecular formula is C15H16F2N2O. The monoisotopic (exact) mass is 278 g/mol. The Balaban J connectivity index is 1.86. The van der Waals surface area contributed by atoms with Crippen LogP contribution < -0.4 is 10.2 Å². The van der Waals surface area contributed by atoms with E-state index in [1.165, 1.54) is 12.5 Å². The maximum atomic E-state index is 14.2. The molecule has 1 N–H and O–H groups in total. The van der Waals surface area contributed by atoms with E-state index >= 15 is 0 Å². The number of rotatable bonds is 0. The Morgan fingerprint density at radius 1 is 1.20 bits per heavy atom. The van der Waals surface area contributed by atoms with Crippen LogP contribution in [0.25, 0.3) is 0 Å². The lowest BCUT2D eigenvalue weighted by molar-refractivity contribution is -0.117. The van der Waals surface area contributed by atoms with Crippen LogP contribution in [0.4, 0.5) is 20.2 Å². The molecule has 1 aliphatic carbocycles. The van der Waals surface area contributed by atoms with Crippen LogP contribution in [0.5, 0.6) is 0 Å². The van der Waals surface area contributed by atoms with Gasteiger partial charge in [0.15, 0.2) is 11.6 Å². The maximum Gasteiger partial charge on any atom is 0.247 e. The SMILES string of the molecule is O=C1Nc2ccc(F)c(F)c2N2C1CC1CCCCC12. The van der Waals surface area contributed by atoms with Gasteiger partial charge in [-0.1, -0.05) is 12.8 Å². The van der Waals surface area contributed by atoms with Gasteiger partial charge >= 0.3 is 0 Å². The van der Waals surface area contributed by atoms with Gasteiger partial charge < -0.3 is 10.2 Å². The molecule has 4 rings (SSSR count). The summed E-state index contributed by atoms with van der Waals surface area (Å²) in [5, 5.41) is 2.72. The van der Waals surface area contributed by atoms with Crippen molar-refractivity contribution in [3.8, 4) is 0 Å². The van der Waals surface area contributed by atoms with E-state index in [1.54, 1.807) is 0 Å². The third kappa shape index (κ3) is 1.52. The molecule has 3 atom stereocenters. The summed E-state index contributed by atoms with van der Waals surface area (Å²) < 4.78 is 27.8. The minimum absolute atomic E-state index is 0.0853. The van der Waals surface area contributed by atoms with Crippen LogP contribution in [-0.2, 0) is 4.79 Å². The van der Waals surface area contributed by atoms with Crippen molar-refractivity contribution in [2.75, 3.05) is 10.2 Å². The molecule has 0 aromatic heterocycles. The molecule has 2 heterocycles. The van der Waals surface area contributed by atoms with Crippen LogP contribution >= 0.6 is 0 Å². The molecule has 1 saturated carbocycles. The van der Waals surface area contributed by atoms with Gasteiger partial charge in [-0.2, -0.15) is 0 Å². The zero-order chi connectivity index (χ0) is 13.9. The van der Waals surface area contributed by atoms with Crippen LogP contribution in [-0.4, -0.2) is 18.0 Å². The second-order valence-corrected chi connectivity index (χ2v) is 6.02. The number of halogens is 2. The summed E-state index contributed by atoms with van der Waals surface area (Å²) >= 11 is 0. The largest absolute Gasteiger partial charge is 0.352 e. The number of amides is 1. The van der Waals surface area contributed by atoms with E-state index in [0.29, 0.717) is 11.6 Å². The highest BCUT2D eigenvalue weighted by atomic mass is 19.2. The molecule has 2 aliphatic heterocycles. The number of carbonyl (C=O) groups is 1. The molecule has 0 spiro atoms. The first-order chi connectivity index (χ1) is 9.66. The van der Waals surface area contributed by atoms with Crippen LogP contribution in [0.3, 0.4) is 0 Å². The Hall–Kier alpha value is -1.65. The number of benzene rings is 1. The molecule has 1 aromatic carbocycles. The molecular weight excluding hydrogens is 262 g/mol. The van der Waals surface area contributed by atoms with Gasteiger partial charge in [0.2, 0.25) is 5.91 Å². The van der Waals surface area contributed by atoms with E-state index in [9.17, 15) is 13.6 Å². The number of fused-ring (bicyclic) bond motifs is 5. The summed E-state index contributed by atoms with van der Waals surface area (Å²) in [6, 6.07) is 2.36. The van der Waals surface area contributed by atoms with Crippen molar-refractivity contribution in [3.05, 3.63) is 23.8 Å². The van der Waals surface area contributed by atoms with Gasteiger partial charge in [-0.05, 0) is 37.3 Å². The van der Waals surface area contributed by atoms with Crippen molar-refractivity contribution in [2.45, 2.75) is 44.2 Å². The van der Waals surface area contributed by atoms with Gasteiger partial charge in [0.1, 0.15) is 11.7 Å². The summed E-state index contributed by atoms with van der Waals surface area (Å²) in [6.07, 6.45) is 5.06. The van der Waals surface area contributed by atoms with Gasteiger partial charge in [-0.15, -0.1) is 0 Å². The normalized spacial score (nSPS) is 31.4. The average molecular weight is 278 g/mol. The lowest BCUT2D eigenvalue weighted by Gasteiger charge is -2.39. The summed E-state index contributed by atoms with van der Waals surface area (Å²) in [6.45, 7) is 0.